The molecule has 16 heavy (non-hydrogen) atoms. The highest BCUT2D eigenvalue weighted by Gasteiger charge is 2.15. The van der Waals surface area contributed by atoms with Crippen molar-refractivity contribution in [2.24, 2.45) is 5.41 Å². The monoisotopic (exact) mass is 299 g/mol. The van der Waals surface area contributed by atoms with Crippen LogP contribution in [0.15, 0.2) is 27.5 Å². The van der Waals surface area contributed by atoms with Crippen LogP contribution in [0.1, 0.15) is 20.8 Å². The van der Waals surface area contributed by atoms with E-state index in [9.17, 15) is 4.79 Å². The minimum absolute atomic E-state index is 0.116. The van der Waals surface area contributed by atoms with Crippen LogP contribution in [-0.2, 0) is 6.54 Å². The average molecular weight is 300 g/mol. The molecular weight excluding hydrogens is 286 g/mol. The third-order valence-corrected chi connectivity index (χ3v) is 3.70. The van der Waals surface area contributed by atoms with Crippen molar-refractivity contribution in [3.05, 3.63) is 32.3 Å². The summed E-state index contributed by atoms with van der Waals surface area (Å²) in [7, 11) is 0. The molecule has 4 heteroatoms. The summed E-state index contributed by atoms with van der Waals surface area (Å²) in [5, 5.41) is 0. The molecule has 0 unspecified atom stereocenters. The van der Waals surface area contributed by atoms with Crippen molar-refractivity contribution in [1.29, 1.82) is 0 Å². The molecular formula is C12H14BrNOS. The van der Waals surface area contributed by atoms with Crippen molar-refractivity contribution in [2.45, 2.75) is 27.3 Å². The summed E-state index contributed by atoms with van der Waals surface area (Å²) in [6.45, 7) is 7.18. The van der Waals surface area contributed by atoms with Gasteiger partial charge in [-0.3, -0.25) is 9.36 Å². The van der Waals surface area contributed by atoms with E-state index in [2.05, 4.69) is 36.7 Å². The van der Waals surface area contributed by atoms with Crippen LogP contribution in [0.2, 0.25) is 0 Å². The summed E-state index contributed by atoms with van der Waals surface area (Å²) in [6, 6.07) is 5.98. The predicted molar refractivity (Wildman–Crippen MR) is 73.2 cm³/mol. The van der Waals surface area contributed by atoms with Crippen molar-refractivity contribution in [1.82, 2.24) is 4.57 Å². The second kappa shape index (κ2) is 4.00. The zero-order chi connectivity index (χ0) is 11.9. The molecule has 86 valence electrons. The number of aromatic nitrogens is 1. The number of hydrogen-bond donors (Lipinski definition) is 0. The third kappa shape index (κ3) is 2.38. The van der Waals surface area contributed by atoms with Gasteiger partial charge in [-0.15, -0.1) is 0 Å². The van der Waals surface area contributed by atoms with Crippen LogP contribution >= 0.6 is 27.3 Å². The van der Waals surface area contributed by atoms with Gasteiger partial charge in [-0.05, 0) is 23.6 Å². The third-order valence-electron chi connectivity index (χ3n) is 2.26. The molecule has 0 fully saturated rings. The number of thiazole rings is 1. The lowest BCUT2D eigenvalue weighted by Gasteiger charge is -2.18. The van der Waals surface area contributed by atoms with Crippen LogP contribution < -0.4 is 4.87 Å². The van der Waals surface area contributed by atoms with Crippen molar-refractivity contribution >= 4 is 37.5 Å². The molecule has 2 rings (SSSR count). The lowest BCUT2D eigenvalue weighted by molar-refractivity contribution is 0.346. The van der Waals surface area contributed by atoms with E-state index in [1.165, 1.54) is 11.3 Å². The minimum Gasteiger partial charge on any atom is -0.298 e. The summed E-state index contributed by atoms with van der Waals surface area (Å²) >= 11 is 4.73. The van der Waals surface area contributed by atoms with Crippen LogP contribution in [-0.4, -0.2) is 4.57 Å². The highest BCUT2D eigenvalue weighted by Crippen LogP contribution is 2.25. The summed E-state index contributed by atoms with van der Waals surface area (Å²) in [4.78, 5) is 12.0. The topological polar surface area (TPSA) is 22.0 Å². The van der Waals surface area contributed by atoms with Gasteiger partial charge in [-0.25, -0.2) is 0 Å². The Bertz CT molecular complexity index is 577. The van der Waals surface area contributed by atoms with Gasteiger partial charge in [0, 0.05) is 11.0 Å². The Morgan fingerprint density at radius 2 is 2.06 bits per heavy atom. The molecule has 0 saturated heterocycles. The smallest absolute Gasteiger partial charge is 0.298 e. The Morgan fingerprint density at radius 3 is 2.69 bits per heavy atom. The van der Waals surface area contributed by atoms with Crippen molar-refractivity contribution in [2.75, 3.05) is 0 Å². The molecule has 0 N–H and O–H groups in total. The Morgan fingerprint density at radius 1 is 1.38 bits per heavy atom. The number of halogens is 1. The number of hydrogen-bond acceptors (Lipinski definition) is 2. The number of nitrogens with zero attached hydrogens (tertiary/aromatic N) is 1. The van der Waals surface area contributed by atoms with Gasteiger partial charge in [-0.2, -0.15) is 0 Å². The van der Waals surface area contributed by atoms with E-state index < -0.39 is 0 Å². The first kappa shape index (κ1) is 11.9. The molecule has 1 aromatic carbocycles. The van der Waals surface area contributed by atoms with Crippen molar-refractivity contribution in [3.63, 3.8) is 0 Å². The largest absolute Gasteiger partial charge is 0.308 e. The van der Waals surface area contributed by atoms with Crippen LogP contribution in [0.5, 0.6) is 0 Å². The number of benzene rings is 1. The van der Waals surface area contributed by atoms with Gasteiger partial charge in [0.1, 0.15) is 0 Å². The highest BCUT2D eigenvalue weighted by atomic mass is 79.9. The van der Waals surface area contributed by atoms with Crippen LogP contribution in [0, 0.1) is 5.41 Å². The average Bonchev–Trinajstić information content (AvgIpc) is 2.40. The van der Waals surface area contributed by atoms with E-state index in [4.69, 9.17) is 0 Å². The summed E-state index contributed by atoms with van der Waals surface area (Å²) in [5.74, 6) is 0. The Balaban J connectivity index is 2.61. The van der Waals surface area contributed by atoms with Gasteiger partial charge >= 0.3 is 4.87 Å². The van der Waals surface area contributed by atoms with Gasteiger partial charge in [0.15, 0.2) is 0 Å². The maximum absolute atomic E-state index is 11.9. The molecule has 1 heterocycles. The molecule has 0 radical (unpaired) electrons. The molecule has 0 aliphatic rings. The molecule has 0 atom stereocenters. The van der Waals surface area contributed by atoms with Gasteiger partial charge in [0.05, 0.1) is 10.2 Å². The fourth-order valence-corrected chi connectivity index (χ4v) is 3.11. The Labute approximate surface area is 107 Å². The van der Waals surface area contributed by atoms with E-state index in [1.54, 1.807) is 0 Å². The summed E-state index contributed by atoms with van der Waals surface area (Å²) in [6.07, 6.45) is 0. The van der Waals surface area contributed by atoms with Crippen LogP contribution in [0.3, 0.4) is 0 Å². The van der Waals surface area contributed by atoms with Crippen LogP contribution in [0.25, 0.3) is 10.2 Å². The van der Waals surface area contributed by atoms with Crippen molar-refractivity contribution in [3.8, 4) is 0 Å². The first-order valence-corrected chi connectivity index (χ1v) is 6.77. The number of fused-ring (bicyclic) bond motifs is 1. The fourth-order valence-electron chi connectivity index (χ4n) is 1.66. The number of rotatable bonds is 1. The Hall–Kier alpha value is -0.610. The second-order valence-electron chi connectivity index (χ2n) is 5.13. The highest BCUT2D eigenvalue weighted by molar-refractivity contribution is 9.10. The SMILES string of the molecule is CC(C)(C)Cn1c(=O)sc2cc(Br)ccc21. The minimum atomic E-state index is 0.116. The predicted octanol–water partition coefficient (Wildman–Crippen LogP) is 3.87. The fraction of sp³-hybridized carbons (Fsp3) is 0.417. The molecule has 2 aromatic rings. The second-order valence-corrected chi connectivity index (χ2v) is 7.04. The summed E-state index contributed by atoms with van der Waals surface area (Å²) < 4.78 is 3.93. The zero-order valence-corrected chi connectivity index (χ0v) is 12.0. The molecule has 0 aliphatic heterocycles. The maximum Gasteiger partial charge on any atom is 0.308 e. The molecule has 0 bridgehead atoms. The molecule has 2 nitrogen and oxygen atoms in total. The molecule has 0 spiro atoms. The lowest BCUT2D eigenvalue weighted by Crippen LogP contribution is -2.22. The molecule has 0 saturated carbocycles. The van der Waals surface area contributed by atoms with E-state index >= 15 is 0 Å². The zero-order valence-electron chi connectivity index (χ0n) is 9.58. The molecule has 0 aliphatic carbocycles. The quantitative estimate of drug-likeness (QED) is 0.783. The first-order chi connectivity index (χ1) is 7.37. The maximum atomic E-state index is 11.9. The Kier molecular flexibility index (Phi) is 2.97. The van der Waals surface area contributed by atoms with Crippen molar-refractivity contribution < 1.29 is 0 Å². The molecule has 0 amide bonds. The standard InChI is InChI=1S/C12H14BrNOS/c1-12(2,3)7-14-9-5-4-8(13)6-10(9)16-11(14)15/h4-6H,7H2,1-3H3. The van der Waals surface area contributed by atoms with Gasteiger partial charge in [-0.1, -0.05) is 48.0 Å². The lowest BCUT2D eigenvalue weighted by atomic mass is 9.97. The normalized spacial score (nSPS) is 12.2. The van der Waals surface area contributed by atoms with Gasteiger partial charge < -0.3 is 0 Å². The summed E-state index contributed by atoms with van der Waals surface area (Å²) in [5.41, 5.74) is 1.15. The van der Waals surface area contributed by atoms with Gasteiger partial charge in [0.25, 0.3) is 0 Å². The van der Waals surface area contributed by atoms with Gasteiger partial charge in [0.2, 0.25) is 0 Å². The van der Waals surface area contributed by atoms with E-state index in [0.29, 0.717) is 0 Å². The van der Waals surface area contributed by atoms with E-state index in [-0.39, 0.29) is 10.3 Å². The van der Waals surface area contributed by atoms with E-state index in [0.717, 1.165) is 21.2 Å². The first-order valence-electron chi connectivity index (χ1n) is 5.16. The van der Waals surface area contributed by atoms with E-state index in [1.807, 2.05) is 22.8 Å². The van der Waals surface area contributed by atoms with Crippen LogP contribution in [0.4, 0.5) is 0 Å². The molecule has 1 aromatic heterocycles.